The van der Waals surface area contributed by atoms with Crippen molar-refractivity contribution in [2.24, 2.45) is 0 Å². The van der Waals surface area contributed by atoms with Gasteiger partial charge in [0.15, 0.2) is 5.13 Å². The SMILES string of the molecule is O=C(OCc1ccccc1)N1CC2CCC(C1)N2c1nc2c(s1)CN(S(=O)(=O)NC1CCCC1)CC2. The average molecular weight is 532 g/mol. The van der Waals surface area contributed by atoms with Gasteiger partial charge in [0.05, 0.1) is 12.2 Å². The molecule has 2 unspecified atom stereocenters. The van der Waals surface area contributed by atoms with Crippen molar-refractivity contribution in [1.29, 1.82) is 0 Å². The van der Waals surface area contributed by atoms with E-state index in [2.05, 4.69) is 9.62 Å². The Morgan fingerprint density at radius 2 is 1.81 bits per heavy atom. The molecule has 194 valence electrons. The second-order valence-corrected chi connectivity index (χ2v) is 13.1. The largest absolute Gasteiger partial charge is 0.445 e. The zero-order chi connectivity index (χ0) is 24.7. The van der Waals surface area contributed by atoms with Gasteiger partial charge in [-0.3, -0.25) is 0 Å². The van der Waals surface area contributed by atoms with Crippen molar-refractivity contribution in [3.05, 3.63) is 46.5 Å². The molecular formula is C25H33N5O4S2. The molecule has 1 saturated carbocycles. The van der Waals surface area contributed by atoms with Crippen molar-refractivity contribution >= 4 is 32.8 Å². The van der Waals surface area contributed by atoms with Crippen molar-refractivity contribution in [3.63, 3.8) is 0 Å². The summed E-state index contributed by atoms with van der Waals surface area (Å²) in [5, 5.41) is 0.966. The highest BCUT2D eigenvalue weighted by Gasteiger charge is 2.44. The molecule has 2 saturated heterocycles. The summed E-state index contributed by atoms with van der Waals surface area (Å²) in [6.45, 7) is 2.38. The number of likely N-dealkylation sites (tertiary alicyclic amines) is 1. The summed E-state index contributed by atoms with van der Waals surface area (Å²) in [7, 11) is -3.49. The lowest BCUT2D eigenvalue weighted by atomic mass is 10.2. The van der Waals surface area contributed by atoms with E-state index < -0.39 is 10.2 Å². The van der Waals surface area contributed by atoms with Gasteiger partial charge in [0.1, 0.15) is 6.61 Å². The maximum Gasteiger partial charge on any atom is 0.410 e. The van der Waals surface area contributed by atoms with E-state index in [0.717, 1.165) is 59.8 Å². The lowest BCUT2D eigenvalue weighted by Gasteiger charge is -2.40. The minimum Gasteiger partial charge on any atom is -0.445 e. The van der Waals surface area contributed by atoms with E-state index in [9.17, 15) is 13.2 Å². The number of hydrogen-bond donors (Lipinski definition) is 1. The van der Waals surface area contributed by atoms with Crippen LogP contribution in [0.1, 0.15) is 54.7 Å². The summed E-state index contributed by atoms with van der Waals surface area (Å²) in [5.41, 5.74) is 2.00. The standard InChI is InChI=1S/C25H33N5O4S2/c31-25(34-17-18-6-2-1-3-7-18)28-14-20-10-11-21(15-28)30(20)24-26-22-12-13-29(16-23(22)35-24)36(32,33)27-19-8-4-5-9-19/h1-3,6-7,19-21,27H,4-5,8-17H2. The Kier molecular flexibility index (Phi) is 6.65. The maximum atomic E-state index is 13.0. The smallest absolute Gasteiger partial charge is 0.410 e. The van der Waals surface area contributed by atoms with Crippen molar-refractivity contribution in [2.45, 2.75) is 76.2 Å². The quantitative estimate of drug-likeness (QED) is 0.615. The van der Waals surface area contributed by atoms with Gasteiger partial charge in [-0.05, 0) is 31.2 Å². The number of benzene rings is 1. The van der Waals surface area contributed by atoms with Crippen LogP contribution in [0.2, 0.25) is 0 Å². The van der Waals surface area contributed by atoms with E-state index in [1.807, 2.05) is 35.2 Å². The minimum absolute atomic E-state index is 0.0692. The highest BCUT2D eigenvalue weighted by molar-refractivity contribution is 7.87. The number of thiazole rings is 1. The van der Waals surface area contributed by atoms with Crippen molar-refractivity contribution in [1.82, 2.24) is 18.9 Å². The zero-order valence-electron chi connectivity index (χ0n) is 20.3. The highest BCUT2D eigenvalue weighted by atomic mass is 32.2. The molecule has 36 heavy (non-hydrogen) atoms. The van der Waals surface area contributed by atoms with Crippen LogP contribution < -0.4 is 9.62 Å². The normalized spacial score (nSPS) is 24.8. The van der Waals surface area contributed by atoms with Crippen LogP contribution >= 0.6 is 11.3 Å². The predicted octanol–water partition coefficient (Wildman–Crippen LogP) is 3.27. The third kappa shape index (κ3) is 4.85. The van der Waals surface area contributed by atoms with Gasteiger partial charge in [0, 0.05) is 49.1 Å². The summed E-state index contributed by atoms with van der Waals surface area (Å²) in [5.74, 6) is 0. The number of carbonyl (C=O) groups is 1. The molecule has 9 nitrogen and oxygen atoms in total. The number of nitrogens with one attached hydrogen (secondary N) is 1. The third-order valence-electron chi connectivity index (χ3n) is 7.86. The Bertz CT molecular complexity index is 1180. The second kappa shape index (κ2) is 9.92. The van der Waals surface area contributed by atoms with E-state index >= 15 is 0 Å². The molecule has 11 heteroatoms. The molecule has 3 aliphatic heterocycles. The van der Waals surface area contributed by atoms with Gasteiger partial charge in [-0.2, -0.15) is 17.4 Å². The number of carbonyl (C=O) groups excluding carboxylic acids is 1. The third-order valence-corrected chi connectivity index (χ3v) is 10.6. The fourth-order valence-electron chi connectivity index (χ4n) is 5.98. The van der Waals surface area contributed by atoms with Gasteiger partial charge >= 0.3 is 6.09 Å². The number of amides is 1. The van der Waals surface area contributed by atoms with Gasteiger partial charge in [-0.1, -0.05) is 43.2 Å². The first kappa shape index (κ1) is 24.1. The van der Waals surface area contributed by atoms with Crippen molar-refractivity contribution in [2.75, 3.05) is 24.5 Å². The molecule has 1 aromatic heterocycles. The summed E-state index contributed by atoms with van der Waals surface area (Å²) >= 11 is 1.62. The molecular weight excluding hydrogens is 498 g/mol. The fourth-order valence-corrected chi connectivity index (χ4v) is 8.76. The first-order valence-corrected chi connectivity index (χ1v) is 15.2. The van der Waals surface area contributed by atoms with Crippen LogP contribution in [0.15, 0.2) is 30.3 Å². The van der Waals surface area contributed by atoms with Crippen LogP contribution in [-0.4, -0.2) is 66.5 Å². The number of rotatable bonds is 6. The molecule has 2 bridgehead atoms. The van der Waals surface area contributed by atoms with Gasteiger partial charge < -0.3 is 14.5 Å². The Morgan fingerprint density at radius 1 is 1.08 bits per heavy atom. The number of ether oxygens (including phenoxy) is 1. The molecule has 3 fully saturated rings. The molecule has 2 aromatic rings. The lowest BCUT2D eigenvalue weighted by molar-refractivity contribution is 0.0881. The van der Waals surface area contributed by atoms with Crippen LogP contribution in [0.4, 0.5) is 9.93 Å². The molecule has 2 atom stereocenters. The number of fused-ring (bicyclic) bond motifs is 3. The Hall–Kier alpha value is -2.21. The first-order valence-electron chi connectivity index (χ1n) is 13.0. The number of anilines is 1. The summed E-state index contributed by atoms with van der Waals surface area (Å²) in [4.78, 5) is 22.9. The van der Waals surface area contributed by atoms with Crippen LogP contribution in [-0.2, 0) is 34.5 Å². The lowest BCUT2D eigenvalue weighted by Crippen LogP contribution is -2.55. The van der Waals surface area contributed by atoms with Crippen molar-refractivity contribution in [3.8, 4) is 0 Å². The van der Waals surface area contributed by atoms with E-state index in [1.54, 1.807) is 15.6 Å². The Labute approximate surface area is 216 Å². The maximum absolute atomic E-state index is 13.0. The molecule has 0 spiro atoms. The summed E-state index contributed by atoms with van der Waals surface area (Å²) < 4.78 is 36.0. The monoisotopic (exact) mass is 531 g/mol. The van der Waals surface area contributed by atoms with Crippen molar-refractivity contribution < 1.29 is 17.9 Å². The average Bonchev–Trinajstić information content (AvgIpc) is 3.60. The fraction of sp³-hybridized carbons (Fsp3) is 0.600. The number of nitrogens with zero attached hydrogens (tertiary/aromatic N) is 4. The number of piperazine rings is 1. The topological polar surface area (TPSA) is 95.1 Å². The van der Waals surface area contributed by atoms with E-state index in [0.29, 0.717) is 32.6 Å². The second-order valence-electron chi connectivity index (χ2n) is 10.3. The van der Waals surface area contributed by atoms with E-state index in [-0.39, 0.29) is 30.8 Å². The van der Waals surface area contributed by atoms with Gasteiger partial charge in [0.2, 0.25) is 0 Å². The highest BCUT2D eigenvalue weighted by Crippen LogP contribution is 2.40. The molecule has 6 rings (SSSR count). The predicted molar refractivity (Wildman–Crippen MR) is 138 cm³/mol. The minimum atomic E-state index is -3.49. The molecule has 1 N–H and O–H groups in total. The Morgan fingerprint density at radius 3 is 2.53 bits per heavy atom. The van der Waals surface area contributed by atoms with Gasteiger partial charge in [-0.25, -0.2) is 9.78 Å². The van der Waals surface area contributed by atoms with E-state index in [4.69, 9.17) is 9.72 Å². The van der Waals surface area contributed by atoms with Gasteiger partial charge in [-0.15, -0.1) is 11.3 Å². The van der Waals surface area contributed by atoms with Crippen LogP contribution in [0.5, 0.6) is 0 Å². The molecule has 1 aromatic carbocycles. The summed E-state index contributed by atoms with van der Waals surface area (Å²) in [6.07, 6.45) is 6.45. The Balaban J connectivity index is 1.09. The van der Waals surface area contributed by atoms with Crippen LogP contribution in [0, 0.1) is 0 Å². The van der Waals surface area contributed by atoms with Gasteiger partial charge in [0.25, 0.3) is 10.2 Å². The van der Waals surface area contributed by atoms with Crippen LogP contribution in [0.25, 0.3) is 0 Å². The van der Waals surface area contributed by atoms with E-state index in [1.165, 1.54) is 0 Å². The molecule has 4 aliphatic rings. The molecule has 1 aliphatic carbocycles. The first-order chi connectivity index (χ1) is 17.5. The van der Waals surface area contributed by atoms with Crippen LogP contribution in [0.3, 0.4) is 0 Å². The molecule has 4 heterocycles. The summed E-state index contributed by atoms with van der Waals surface area (Å²) in [6, 6.07) is 10.2. The molecule has 1 amide bonds. The number of aromatic nitrogens is 1. The number of hydrogen-bond acceptors (Lipinski definition) is 7. The zero-order valence-corrected chi connectivity index (χ0v) is 22.0. The molecule has 0 radical (unpaired) electrons.